The van der Waals surface area contributed by atoms with Crippen molar-refractivity contribution < 1.29 is 18.1 Å². The highest BCUT2D eigenvalue weighted by molar-refractivity contribution is 7.89. The van der Waals surface area contributed by atoms with Crippen molar-refractivity contribution in [1.29, 1.82) is 0 Å². The molecule has 1 amide bonds. The maximum atomic E-state index is 12.9. The first-order valence-electron chi connectivity index (χ1n) is 9.30. The summed E-state index contributed by atoms with van der Waals surface area (Å²) in [6, 6.07) is 7.03. The Bertz CT molecular complexity index is 715. The summed E-state index contributed by atoms with van der Waals surface area (Å²) >= 11 is 0. The molecule has 146 valence electrons. The van der Waals surface area contributed by atoms with Crippen LogP contribution in [0.1, 0.15) is 40.2 Å². The van der Waals surface area contributed by atoms with E-state index in [4.69, 9.17) is 0 Å². The highest BCUT2D eigenvalue weighted by Gasteiger charge is 2.34. The molecule has 1 aromatic rings. The molecule has 1 fully saturated rings. The number of quaternary nitrogens is 1. The predicted molar refractivity (Wildman–Crippen MR) is 103 cm³/mol. The molecule has 0 radical (unpaired) electrons. The lowest BCUT2D eigenvalue weighted by Crippen LogP contribution is -3.19. The monoisotopic (exact) mass is 382 g/mol. The zero-order valence-corrected chi connectivity index (χ0v) is 17.3. The van der Waals surface area contributed by atoms with Gasteiger partial charge in [-0.25, -0.2) is 8.42 Å². The fourth-order valence-electron chi connectivity index (χ4n) is 3.24. The van der Waals surface area contributed by atoms with Crippen molar-refractivity contribution in [2.75, 3.05) is 32.7 Å². The van der Waals surface area contributed by atoms with Crippen LogP contribution in [0.2, 0.25) is 0 Å². The van der Waals surface area contributed by atoms with Gasteiger partial charge >= 0.3 is 0 Å². The molecule has 1 aromatic carbocycles. The Morgan fingerprint density at radius 2 is 1.73 bits per heavy atom. The van der Waals surface area contributed by atoms with Gasteiger partial charge < -0.3 is 10.2 Å². The number of piperazine rings is 1. The molecule has 2 rings (SSSR count). The average molecular weight is 383 g/mol. The normalized spacial score (nSPS) is 18.5. The fraction of sp³-hybridized carbons (Fsp3) is 0.632. The minimum absolute atomic E-state index is 0.00746. The van der Waals surface area contributed by atoms with Gasteiger partial charge in [-0.1, -0.05) is 32.9 Å². The molecular formula is C19H32N3O3S+. The topological polar surface area (TPSA) is 70.9 Å². The number of hydrogen-bond donors (Lipinski definition) is 2. The van der Waals surface area contributed by atoms with E-state index in [2.05, 4.69) is 26.1 Å². The van der Waals surface area contributed by atoms with Gasteiger partial charge in [-0.2, -0.15) is 4.31 Å². The second kappa shape index (κ2) is 8.06. The molecule has 0 bridgehead atoms. The lowest BCUT2D eigenvalue weighted by Gasteiger charge is -2.34. The van der Waals surface area contributed by atoms with Gasteiger partial charge in [-0.15, -0.1) is 0 Å². The minimum Gasteiger partial charge on any atom is -0.351 e. The van der Waals surface area contributed by atoms with Gasteiger partial charge in [0.15, 0.2) is 6.04 Å². The Hall–Kier alpha value is -1.44. The highest BCUT2D eigenvalue weighted by Crippen LogP contribution is 2.24. The van der Waals surface area contributed by atoms with E-state index in [-0.39, 0.29) is 17.4 Å². The fourth-order valence-corrected chi connectivity index (χ4v) is 4.68. The number of nitrogens with one attached hydrogen (secondary N) is 2. The van der Waals surface area contributed by atoms with Gasteiger partial charge in [0, 0.05) is 6.54 Å². The van der Waals surface area contributed by atoms with Crippen molar-refractivity contribution in [2.45, 2.75) is 51.0 Å². The molecule has 1 aliphatic heterocycles. The Morgan fingerprint density at radius 3 is 2.19 bits per heavy atom. The molecule has 6 nitrogen and oxygen atoms in total. The maximum absolute atomic E-state index is 12.9. The molecule has 26 heavy (non-hydrogen) atoms. The van der Waals surface area contributed by atoms with E-state index in [1.54, 1.807) is 12.1 Å². The summed E-state index contributed by atoms with van der Waals surface area (Å²) in [4.78, 5) is 13.5. The molecule has 0 aliphatic carbocycles. The largest absolute Gasteiger partial charge is 0.351 e. The predicted octanol–water partition coefficient (Wildman–Crippen LogP) is 0.398. The third-order valence-corrected chi connectivity index (χ3v) is 6.99. The third kappa shape index (κ3) is 4.64. The minimum atomic E-state index is -3.48. The summed E-state index contributed by atoms with van der Waals surface area (Å²) < 4.78 is 27.3. The Labute approximate surface area is 157 Å². The van der Waals surface area contributed by atoms with E-state index in [1.165, 1.54) is 4.31 Å². The van der Waals surface area contributed by atoms with Crippen LogP contribution in [-0.2, 0) is 20.2 Å². The zero-order valence-electron chi connectivity index (χ0n) is 16.5. The van der Waals surface area contributed by atoms with Gasteiger partial charge in [0.1, 0.15) is 0 Å². The summed E-state index contributed by atoms with van der Waals surface area (Å²) in [5.41, 5.74) is 1.11. The second-order valence-corrected chi connectivity index (χ2v) is 9.89. The van der Waals surface area contributed by atoms with E-state index < -0.39 is 10.0 Å². The van der Waals surface area contributed by atoms with Gasteiger partial charge in [-0.3, -0.25) is 4.79 Å². The molecule has 1 atom stereocenters. The Balaban J connectivity index is 2.05. The van der Waals surface area contributed by atoms with Crippen molar-refractivity contribution >= 4 is 15.9 Å². The number of sulfonamides is 1. The van der Waals surface area contributed by atoms with Gasteiger partial charge in [0.05, 0.1) is 31.1 Å². The number of carbonyl (C=O) groups excluding carboxylic acids is 1. The number of carbonyl (C=O) groups is 1. The number of likely N-dealkylation sites (N-methyl/N-ethyl adjacent to an activating group) is 1. The third-order valence-electron chi connectivity index (χ3n) is 5.08. The Kier molecular flexibility index (Phi) is 6.47. The maximum Gasteiger partial charge on any atom is 0.278 e. The molecule has 2 N–H and O–H groups in total. The first kappa shape index (κ1) is 20.9. The number of hydrogen-bond acceptors (Lipinski definition) is 3. The van der Waals surface area contributed by atoms with Crippen LogP contribution in [-0.4, -0.2) is 57.4 Å². The second-order valence-electron chi connectivity index (χ2n) is 7.95. The van der Waals surface area contributed by atoms with Crippen molar-refractivity contribution in [1.82, 2.24) is 9.62 Å². The van der Waals surface area contributed by atoms with Crippen LogP contribution in [0, 0.1) is 0 Å². The molecule has 0 unspecified atom stereocenters. The average Bonchev–Trinajstić information content (AvgIpc) is 2.60. The number of benzene rings is 1. The van der Waals surface area contributed by atoms with Crippen LogP contribution in [0.4, 0.5) is 0 Å². The van der Waals surface area contributed by atoms with Crippen LogP contribution >= 0.6 is 0 Å². The quantitative estimate of drug-likeness (QED) is 0.774. The summed E-state index contributed by atoms with van der Waals surface area (Å²) in [5.74, 6) is 0.0246. The number of rotatable bonds is 5. The Morgan fingerprint density at radius 1 is 1.19 bits per heavy atom. The standard InChI is InChI=1S/C19H31N3O3S/c1-6-20-18(23)15(2)21-11-13-22(14-12-21)26(24,25)17-9-7-16(8-10-17)19(3,4)5/h7-10,15H,6,11-14H2,1-5H3,(H,20,23)/p+1/t15-/m1/s1. The molecular weight excluding hydrogens is 350 g/mol. The highest BCUT2D eigenvalue weighted by atomic mass is 32.2. The van der Waals surface area contributed by atoms with Crippen molar-refractivity contribution in [3.8, 4) is 0 Å². The first-order chi connectivity index (χ1) is 12.1. The van der Waals surface area contributed by atoms with E-state index >= 15 is 0 Å². The number of nitrogens with zero attached hydrogens (tertiary/aromatic N) is 1. The van der Waals surface area contributed by atoms with Crippen LogP contribution in [0.5, 0.6) is 0 Å². The van der Waals surface area contributed by atoms with E-state index in [0.717, 1.165) is 10.5 Å². The van der Waals surface area contributed by atoms with Crippen LogP contribution in [0.15, 0.2) is 29.2 Å². The summed E-state index contributed by atoms with van der Waals surface area (Å²) in [6.45, 7) is 12.9. The smallest absolute Gasteiger partial charge is 0.278 e. The van der Waals surface area contributed by atoms with Crippen molar-refractivity contribution in [3.05, 3.63) is 29.8 Å². The summed E-state index contributed by atoms with van der Waals surface area (Å²) in [5, 5.41) is 2.84. The summed E-state index contributed by atoms with van der Waals surface area (Å²) in [7, 11) is -3.48. The molecule has 0 aromatic heterocycles. The van der Waals surface area contributed by atoms with Crippen LogP contribution in [0.3, 0.4) is 0 Å². The van der Waals surface area contributed by atoms with E-state index in [9.17, 15) is 13.2 Å². The van der Waals surface area contributed by atoms with Crippen LogP contribution in [0.25, 0.3) is 0 Å². The van der Waals surface area contributed by atoms with Crippen LogP contribution < -0.4 is 10.2 Å². The van der Waals surface area contributed by atoms with Crippen molar-refractivity contribution in [2.24, 2.45) is 0 Å². The molecule has 1 heterocycles. The number of amides is 1. The lowest BCUT2D eigenvalue weighted by atomic mass is 9.87. The van der Waals surface area contributed by atoms with Gasteiger partial charge in [0.25, 0.3) is 5.91 Å². The molecule has 1 aliphatic rings. The molecule has 0 saturated carbocycles. The summed E-state index contributed by atoms with van der Waals surface area (Å²) in [6.07, 6.45) is 0. The van der Waals surface area contributed by atoms with Gasteiger partial charge in [-0.05, 0) is 37.0 Å². The molecule has 0 spiro atoms. The molecule has 7 heteroatoms. The molecule has 1 saturated heterocycles. The first-order valence-corrected chi connectivity index (χ1v) is 10.7. The van der Waals surface area contributed by atoms with Crippen molar-refractivity contribution in [3.63, 3.8) is 0 Å². The van der Waals surface area contributed by atoms with Gasteiger partial charge in [0.2, 0.25) is 10.0 Å². The lowest BCUT2D eigenvalue weighted by molar-refractivity contribution is -0.917. The SMILES string of the molecule is CCNC(=O)[C@@H](C)[NH+]1CCN(S(=O)(=O)c2ccc(C(C)(C)C)cc2)CC1. The van der Waals surface area contributed by atoms with E-state index in [0.29, 0.717) is 37.6 Å². The zero-order chi connectivity index (χ0) is 19.5. The van der Waals surface area contributed by atoms with E-state index in [1.807, 2.05) is 26.0 Å².